The number of piperidine rings is 1. The van der Waals surface area contributed by atoms with E-state index in [0.717, 1.165) is 23.9 Å². The van der Waals surface area contributed by atoms with Gasteiger partial charge in [-0.05, 0) is 44.4 Å². The van der Waals surface area contributed by atoms with Crippen molar-refractivity contribution in [1.82, 2.24) is 4.90 Å². The van der Waals surface area contributed by atoms with E-state index in [9.17, 15) is 4.79 Å². The highest BCUT2D eigenvalue weighted by Crippen LogP contribution is 2.24. The fourth-order valence-corrected chi connectivity index (χ4v) is 2.66. The molecule has 1 aliphatic rings. The molecule has 2 N–H and O–H groups in total. The van der Waals surface area contributed by atoms with E-state index < -0.39 is 0 Å². The first-order valence-electron chi connectivity index (χ1n) is 5.95. The van der Waals surface area contributed by atoms with Crippen molar-refractivity contribution in [1.29, 1.82) is 0 Å². The number of nitrogen functional groups attached to an aromatic ring is 1. The molecule has 1 heterocycles. The smallest absolute Gasteiger partial charge is 0.256 e. The van der Waals surface area contributed by atoms with E-state index in [4.69, 9.17) is 5.73 Å². The van der Waals surface area contributed by atoms with E-state index in [-0.39, 0.29) is 18.3 Å². The lowest BCUT2D eigenvalue weighted by Gasteiger charge is -2.33. The number of carbonyl (C=O) groups excluding carboxylic acids is 1. The van der Waals surface area contributed by atoms with Crippen LogP contribution in [0.5, 0.6) is 0 Å². The van der Waals surface area contributed by atoms with Crippen molar-refractivity contribution in [2.24, 2.45) is 0 Å². The Hall–Kier alpha value is -0.740. The molecule has 1 aromatic rings. The van der Waals surface area contributed by atoms with E-state index >= 15 is 0 Å². The Morgan fingerprint density at radius 1 is 1.44 bits per heavy atom. The Morgan fingerprint density at radius 2 is 2.17 bits per heavy atom. The maximum Gasteiger partial charge on any atom is 0.256 e. The largest absolute Gasteiger partial charge is 0.398 e. The summed E-state index contributed by atoms with van der Waals surface area (Å²) in [5.74, 6) is 0.0576. The molecule has 5 heteroatoms. The van der Waals surface area contributed by atoms with Crippen molar-refractivity contribution in [3.63, 3.8) is 0 Å². The number of nitrogens with two attached hydrogens (primary N) is 1. The van der Waals surface area contributed by atoms with Crippen LogP contribution in [-0.2, 0) is 0 Å². The van der Waals surface area contributed by atoms with Crippen molar-refractivity contribution in [2.45, 2.75) is 32.2 Å². The van der Waals surface area contributed by atoms with Gasteiger partial charge < -0.3 is 10.6 Å². The molecule has 18 heavy (non-hydrogen) atoms. The van der Waals surface area contributed by atoms with Crippen LogP contribution in [0.3, 0.4) is 0 Å². The Labute approximate surface area is 122 Å². The van der Waals surface area contributed by atoms with Crippen LogP contribution >= 0.6 is 28.3 Å². The molecule has 0 spiro atoms. The average molecular weight is 334 g/mol. The summed E-state index contributed by atoms with van der Waals surface area (Å²) in [5.41, 5.74) is 7.05. The molecule has 1 aliphatic heterocycles. The molecule has 2 rings (SSSR count). The van der Waals surface area contributed by atoms with Gasteiger partial charge in [-0.2, -0.15) is 0 Å². The molecule has 1 fully saturated rings. The molecule has 1 unspecified atom stereocenters. The third-order valence-corrected chi connectivity index (χ3v) is 3.80. The number of carbonyl (C=O) groups is 1. The summed E-state index contributed by atoms with van der Waals surface area (Å²) >= 11 is 3.35. The van der Waals surface area contributed by atoms with E-state index in [1.165, 1.54) is 6.42 Å². The zero-order valence-electron chi connectivity index (χ0n) is 10.4. The maximum absolute atomic E-state index is 12.4. The normalized spacial score (nSPS) is 19.2. The molecule has 0 saturated carbocycles. The number of likely N-dealkylation sites (tertiary alicyclic amines) is 1. The van der Waals surface area contributed by atoms with Gasteiger partial charge in [-0.3, -0.25) is 4.79 Å². The molecule has 0 aliphatic carbocycles. The number of halogens is 2. The highest BCUT2D eigenvalue weighted by atomic mass is 79.9. The van der Waals surface area contributed by atoms with Gasteiger partial charge in [0.2, 0.25) is 0 Å². The monoisotopic (exact) mass is 332 g/mol. The molecular weight excluding hydrogens is 316 g/mol. The highest BCUT2D eigenvalue weighted by Gasteiger charge is 2.25. The summed E-state index contributed by atoms with van der Waals surface area (Å²) in [6, 6.07) is 5.75. The predicted molar refractivity (Wildman–Crippen MR) is 80.2 cm³/mol. The number of hydrogen-bond donors (Lipinski definition) is 1. The minimum absolute atomic E-state index is 0. The zero-order chi connectivity index (χ0) is 12.4. The third-order valence-electron chi connectivity index (χ3n) is 3.31. The Bertz CT molecular complexity index is 439. The molecule has 1 atom stereocenters. The fourth-order valence-electron chi connectivity index (χ4n) is 2.28. The van der Waals surface area contributed by atoms with Crippen molar-refractivity contribution in [3.8, 4) is 0 Å². The lowest BCUT2D eigenvalue weighted by atomic mass is 10.0. The Kier molecular flexibility index (Phi) is 5.47. The topological polar surface area (TPSA) is 46.3 Å². The number of anilines is 1. The van der Waals surface area contributed by atoms with Crippen molar-refractivity contribution >= 4 is 39.9 Å². The summed E-state index contributed by atoms with van der Waals surface area (Å²) in [6.45, 7) is 2.95. The zero-order valence-corrected chi connectivity index (χ0v) is 12.8. The lowest BCUT2D eigenvalue weighted by Crippen LogP contribution is -2.42. The summed E-state index contributed by atoms with van der Waals surface area (Å²) in [5, 5.41) is 0. The standard InChI is InChI=1S/C13H17BrN2O.ClH/c1-9-4-2-3-7-16(9)13(17)11-6-5-10(14)8-12(11)15;/h5-6,8-9H,2-4,7,15H2,1H3;1H. The average Bonchev–Trinajstić information content (AvgIpc) is 2.29. The maximum atomic E-state index is 12.4. The van der Waals surface area contributed by atoms with Gasteiger partial charge in [0.1, 0.15) is 0 Å². The Balaban J connectivity index is 0.00000162. The molecule has 1 saturated heterocycles. The van der Waals surface area contributed by atoms with Crippen molar-refractivity contribution in [2.75, 3.05) is 12.3 Å². The molecular formula is C13H18BrClN2O. The predicted octanol–water partition coefficient (Wildman–Crippen LogP) is 3.47. The van der Waals surface area contributed by atoms with Crippen molar-refractivity contribution < 1.29 is 4.79 Å². The summed E-state index contributed by atoms with van der Waals surface area (Å²) in [4.78, 5) is 14.3. The van der Waals surface area contributed by atoms with Crippen LogP contribution < -0.4 is 5.73 Å². The molecule has 1 amide bonds. The van der Waals surface area contributed by atoms with Gasteiger partial charge in [-0.25, -0.2) is 0 Å². The number of hydrogen-bond acceptors (Lipinski definition) is 2. The molecule has 1 aromatic carbocycles. The SMILES string of the molecule is CC1CCCCN1C(=O)c1ccc(Br)cc1N.Cl. The van der Waals surface area contributed by atoms with E-state index in [1.807, 2.05) is 11.0 Å². The second-order valence-corrected chi connectivity index (χ2v) is 5.49. The number of benzene rings is 1. The van der Waals surface area contributed by atoms with E-state index in [2.05, 4.69) is 22.9 Å². The van der Waals surface area contributed by atoms with Gasteiger partial charge in [-0.1, -0.05) is 15.9 Å². The minimum Gasteiger partial charge on any atom is -0.398 e. The second kappa shape index (κ2) is 6.43. The first-order valence-corrected chi connectivity index (χ1v) is 6.75. The number of nitrogens with zero attached hydrogens (tertiary/aromatic N) is 1. The fraction of sp³-hybridized carbons (Fsp3) is 0.462. The van der Waals surface area contributed by atoms with E-state index in [1.54, 1.807) is 12.1 Å². The van der Waals surface area contributed by atoms with Gasteiger partial charge in [0.25, 0.3) is 5.91 Å². The third kappa shape index (κ3) is 3.18. The number of amides is 1. The van der Waals surface area contributed by atoms with Crippen LogP contribution in [-0.4, -0.2) is 23.4 Å². The van der Waals surface area contributed by atoms with Crippen LogP contribution in [0.15, 0.2) is 22.7 Å². The molecule has 100 valence electrons. The van der Waals surface area contributed by atoms with Crippen molar-refractivity contribution in [3.05, 3.63) is 28.2 Å². The molecule has 0 aromatic heterocycles. The van der Waals surface area contributed by atoms with Crippen LogP contribution in [0.25, 0.3) is 0 Å². The highest BCUT2D eigenvalue weighted by molar-refractivity contribution is 9.10. The summed E-state index contributed by atoms with van der Waals surface area (Å²) in [7, 11) is 0. The second-order valence-electron chi connectivity index (χ2n) is 4.57. The Morgan fingerprint density at radius 3 is 2.78 bits per heavy atom. The molecule has 0 bridgehead atoms. The van der Waals surface area contributed by atoms with Crippen LogP contribution in [0, 0.1) is 0 Å². The summed E-state index contributed by atoms with van der Waals surface area (Å²) < 4.78 is 0.901. The summed E-state index contributed by atoms with van der Waals surface area (Å²) in [6.07, 6.45) is 3.38. The van der Waals surface area contributed by atoms with Gasteiger partial charge in [0.15, 0.2) is 0 Å². The van der Waals surface area contributed by atoms with Gasteiger partial charge in [0.05, 0.1) is 5.56 Å². The molecule has 0 radical (unpaired) electrons. The first-order chi connectivity index (χ1) is 8.09. The van der Waals surface area contributed by atoms with Gasteiger partial charge >= 0.3 is 0 Å². The van der Waals surface area contributed by atoms with Crippen LogP contribution in [0.4, 0.5) is 5.69 Å². The lowest BCUT2D eigenvalue weighted by molar-refractivity contribution is 0.0636. The van der Waals surface area contributed by atoms with Crippen LogP contribution in [0.2, 0.25) is 0 Å². The van der Waals surface area contributed by atoms with E-state index in [0.29, 0.717) is 17.3 Å². The minimum atomic E-state index is 0. The molecule has 3 nitrogen and oxygen atoms in total. The first kappa shape index (κ1) is 15.3. The number of rotatable bonds is 1. The van der Waals surface area contributed by atoms with Gasteiger partial charge in [-0.15, -0.1) is 12.4 Å². The quantitative estimate of drug-likeness (QED) is 0.800. The van der Waals surface area contributed by atoms with Crippen LogP contribution in [0.1, 0.15) is 36.5 Å². The van der Waals surface area contributed by atoms with Gasteiger partial charge in [0, 0.05) is 22.7 Å².